The van der Waals surface area contributed by atoms with Gasteiger partial charge in [-0.3, -0.25) is 0 Å². The van der Waals surface area contributed by atoms with Gasteiger partial charge in [0, 0.05) is 16.3 Å². The van der Waals surface area contributed by atoms with Gasteiger partial charge >= 0.3 is 0 Å². The first kappa shape index (κ1) is 12.4. The highest BCUT2D eigenvalue weighted by Gasteiger charge is 2.18. The predicted molar refractivity (Wildman–Crippen MR) is 85.1 cm³/mol. The number of nitrogens with zero attached hydrogens (tertiary/aromatic N) is 4. The van der Waals surface area contributed by atoms with E-state index >= 15 is 0 Å². The number of nitrogens with two attached hydrogens (primary N) is 1. The summed E-state index contributed by atoms with van der Waals surface area (Å²) in [6, 6.07) is 19.7. The first-order chi connectivity index (χ1) is 10.8. The zero-order chi connectivity index (χ0) is 15.1. The second-order valence-corrected chi connectivity index (χ2v) is 4.98. The smallest absolute Gasteiger partial charge is 0.146 e. The Kier molecular flexibility index (Phi) is 2.57. The lowest BCUT2D eigenvalue weighted by molar-refractivity contribution is 0.867. The van der Waals surface area contributed by atoms with Crippen LogP contribution in [0.3, 0.4) is 0 Å². The highest BCUT2D eigenvalue weighted by molar-refractivity contribution is 6.06. The van der Waals surface area contributed by atoms with Crippen LogP contribution >= 0.6 is 0 Å². The van der Waals surface area contributed by atoms with Crippen molar-refractivity contribution in [1.29, 1.82) is 5.26 Å². The maximum Gasteiger partial charge on any atom is 0.146 e. The number of anilines is 1. The van der Waals surface area contributed by atoms with E-state index in [0.29, 0.717) is 11.4 Å². The van der Waals surface area contributed by atoms with Gasteiger partial charge in [-0.25, -0.2) is 0 Å². The number of nitrogen functional groups attached to an aromatic ring is 1. The van der Waals surface area contributed by atoms with Crippen molar-refractivity contribution in [2.45, 2.75) is 0 Å². The van der Waals surface area contributed by atoms with Gasteiger partial charge in [0.25, 0.3) is 0 Å². The molecule has 0 radical (unpaired) electrons. The number of pyridine rings is 1. The molecule has 2 heterocycles. The van der Waals surface area contributed by atoms with Crippen molar-refractivity contribution in [3.8, 4) is 17.3 Å². The van der Waals surface area contributed by atoms with E-state index in [1.165, 1.54) is 0 Å². The minimum Gasteiger partial charge on any atom is -0.382 e. The Hall–Kier alpha value is -3.39. The Morgan fingerprint density at radius 1 is 0.955 bits per heavy atom. The molecule has 4 rings (SSSR count). The molecule has 0 atom stereocenters. The second-order valence-electron chi connectivity index (χ2n) is 4.98. The van der Waals surface area contributed by atoms with E-state index in [0.717, 1.165) is 27.5 Å². The number of nitriles is 1. The summed E-state index contributed by atoms with van der Waals surface area (Å²) in [4.78, 5) is 0. The topological polar surface area (TPSA) is 80.0 Å². The number of aromatic nitrogens is 3. The molecule has 4 aromatic rings. The van der Waals surface area contributed by atoms with Crippen molar-refractivity contribution < 1.29 is 0 Å². The van der Waals surface area contributed by atoms with Crippen LogP contribution in [0, 0.1) is 11.3 Å². The molecule has 2 aromatic heterocycles. The molecular formula is C17H11N5. The lowest BCUT2D eigenvalue weighted by atomic mass is 10.0. The van der Waals surface area contributed by atoms with Gasteiger partial charge in [0.2, 0.25) is 0 Å². The molecule has 104 valence electrons. The molecule has 0 aliphatic rings. The number of hydrogen-bond donors (Lipinski definition) is 1. The quantitative estimate of drug-likeness (QED) is 0.583. The van der Waals surface area contributed by atoms with Gasteiger partial charge in [-0.15, -0.1) is 5.10 Å². The van der Waals surface area contributed by atoms with Crippen molar-refractivity contribution >= 4 is 22.1 Å². The van der Waals surface area contributed by atoms with Crippen molar-refractivity contribution in [1.82, 2.24) is 14.8 Å². The average molecular weight is 285 g/mol. The molecule has 0 bridgehead atoms. The van der Waals surface area contributed by atoms with Crippen LogP contribution in [0.15, 0.2) is 54.6 Å². The second kappa shape index (κ2) is 4.57. The Balaban J connectivity index is 2.23. The molecule has 0 aliphatic carbocycles. The third-order valence-corrected chi connectivity index (χ3v) is 3.77. The molecule has 0 aliphatic heterocycles. The molecule has 2 N–H and O–H groups in total. The third kappa shape index (κ3) is 1.58. The maximum absolute atomic E-state index is 9.41. The monoisotopic (exact) mass is 285 g/mol. The van der Waals surface area contributed by atoms with E-state index in [4.69, 9.17) is 5.73 Å². The first-order valence-corrected chi connectivity index (χ1v) is 6.82. The summed E-state index contributed by atoms with van der Waals surface area (Å²) >= 11 is 0. The van der Waals surface area contributed by atoms with E-state index in [1.54, 1.807) is 4.52 Å². The summed E-state index contributed by atoms with van der Waals surface area (Å²) in [7, 11) is 0. The summed E-state index contributed by atoms with van der Waals surface area (Å²) in [6.07, 6.45) is 0. The fourth-order valence-electron chi connectivity index (χ4n) is 2.75. The van der Waals surface area contributed by atoms with Crippen LogP contribution in [-0.2, 0) is 0 Å². The molecular weight excluding hydrogens is 274 g/mol. The molecule has 2 aromatic carbocycles. The van der Waals surface area contributed by atoms with Crippen molar-refractivity contribution in [3.63, 3.8) is 0 Å². The number of fused-ring (bicyclic) bond motifs is 3. The summed E-state index contributed by atoms with van der Waals surface area (Å²) in [5.74, 6) is 0.311. The number of rotatable bonds is 1. The molecule has 5 heteroatoms. The van der Waals surface area contributed by atoms with Crippen LogP contribution in [0.2, 0.25) is 0 Å². The highest BCUT2D eigenvalue weighted by atomic mass is 15.4. The molecule has 22 heavy (non-hydrogen) atoms. The third-order valence-electron chi connectivity index (χ3n) is 3.77. The summed E-state index contributed by atoms with van der Waals surface area (Å²) < 4.78 is 1.54. The zero-order valence-corrected chi connectivity index (χ0v) is 11.6. The normalized spacial score (nSPS) is 10.9. The van der Waals surface area contributed by atoms with E-state index in [9.17, 15) is 5.26 Å². The van der Waals surface area contributed by atoms with E-state index in [2.05, 4.69) is 16.4 Å². The first-order valence-electron chi connectivity index (χ1n) is 6.82. The summed E-state index contributed by atoms with van der Waals surface area (Å²) in [6.45, 7) is 0. The predicted octanol–water partition coefficient (Wildman–Crippen LogP) is 3.00. The Bertz CT molecular complexity index is 1040. The lowest BCUT2D eigenvalue weighted by Crippen LogP contribution is -2.03. The standard InChI is InChI=1S/C17H11N5/c18-10-14-12-8-4-5-9-13(12)16-15(11-6-2-1-3-7-11)20-21-22(16)17(14)19/h1-9H,19H2. The number of benzene rings is 2. The highest BCUT2D eigenvalue weighted by Crippen LogP contribution is 2.33. The van der Waals surface area contributed by atoms with Crippen LogP contribution in [0.1, 0.15) is 5.56 Å². The maximum atomic E-state index is 9.41. The molecule has 0 fully saturated rings. The molecule has 0 spiro atoms. The minimum absolute atomic E-state index is 0.311. The SMILES string of the molecule is N#Cc1c(N)n2nnc(-c3ccccc3)c2c2ccccc12. The van der Waals surface area contributed by atoms with Gasteiger partial charge < -0.3 is 5.73 Å². The fraction of sp³-hybridized carbons (Fsp3) is 0. The Morgan fingerprint density at radius 2 is 1.64 bits per heavy atom. The van der Waals surface area contributed by atoms with Crippen molar-refractivity contribution in [3.05, 3.63) is 60.2 Å². The number of hydrogen-bond acceptors (Lipinski definition) is 4. The zero-order valence-electron chi connectivity index (χ0n) is 11.6. The molecule has 5 nitrogen and oxygen atoms in total. The van der Waals surface area contributed by atoms with Gasteiger partial charge in [-0.1, -0.05) is 59.8 Å². The summed E-state index contributed by atoms with van der Waals surface area (Å²) in [5.41, 5.74) is 9.09. The molecule has 0 saturated carbocycles. The molecule has 0 amide bonds. The fourth-order valence-corrected chi connectivity index (χ4v) is 2.75. The van der Waals surface area contributed by atoms with Gasteiger partial charge in [-0.05, 0) is 0 Å². The van der Waals surface area contributed by atoms with Crippen molar-refractivity contribution in [2.75, 3.05) is 5.73 Å². The Labute approximate surface area is 126 Å². The summed E-state index contributed by atoms with van der Waals surface area (Å²) in [5, 5.41) is 19.6. The Morgan fingerprint density at radius 3 is 2.36 bits per heavy atom. The van der Waals surface area contributed by atoms with Gasteiger partial charge in [0.1, 0.15) is 28.7 Å². The van der Waals surface area contributed by atoms with Crippen molar-refractivity contribution in [2.24, 2.45) is 0 Å². The molecule has 0 saturated heterocycles. The van der Waals surface area contributed by atoms with Crippen LogP contribution in [0.4, 0.5) is 5.82 Å². The van der Waals surface area contributed by atoms with Gasteiger partial charge in [0.05, 0.1) is 0 Å². The van der Waals surface area contributed by atoms with Crippen LogP contribution in [0.5, 0.6) is 0 Å². The van der Waals surface area contributed by atoms with E-state index < -0.39 is 0 Å². The molecule has 0 unspecified atom stereocenters. The van der Waals surface area contributed by atoms with Crippen LogP contribution < -0.4 is 5.73 Å². The van der Waals surface area contributed by atoms with E-state index in [-0.39, 0.29) is 0 Å². The van der Waals surface area contributed by atoms with Gasteiger partial charge in [-0.2, -0.15) is 9.78 Å². The van der Waals surface area contributed by atoms with Crippen LogP contribution in [0.25, 0.3) is 27.5 Å². The van der Waals surface area contributed by atoms with Gasteiger partial charge in [0.15, 0.2) is 0 Å². The van der Waals surface area contributed by atoms with E-state index in [1.807, 2.05) is 54.6 Å². The van der Waals surface area contributed by atoms with Crippen LogP contribution in [-0.4, -0.2) is 14.8 Å². The lowest BCUT2D eigenvalue weighted by Gasteiger charge is -2.08. The minimum atomic E-state index is 0.311. The largest absolute Gasteiger partial charge is 0.382 e. The average Bonchev–Trinajstić information content (AvgIpc) is 3.02.